The Labute approximate surface area is 112 Å². The lowest BCUT2D eigenvalue weighted by molar-refractivity contribution is 0.0276. The van der Waals surface area contributed by atoms with Gasteiger partial charge in [-0.1, -0.05) is 0 Å². The van der Waals surface area contributed by atoms with Crippen LogP contribution in [0.3, 0.4) is 0 Å². The Bertz CT molecular complexity index is 473. The van der Waals surface area contributed by atoms with E-state index in [4.69, 9.17) is 9.47 Å². The largest absolute Gasteiger partial charge is 0.494 e. The summed E-state index contributed by atoms with van der Waals surface area (Å²) in [4.78, 5) is 0. The SMILES string of the molecule is COc1cc2c(cc1F)NCC1(CCOCC1)CN2. The molecule has 2 aliphatic heterocycles. The molecule has 1 saturated heterocycles. The van der Waals surface area contributed by atoms with Crippen LogP contribution in [0.4, 0.5) is 15.8 Å². The van der Waals surface area contributed by atoms with Crippen LogP contribution in [0.1, 0.15) is 12.8 Å². The molecule has 0 aliphatic carbocycles. The number of nitrogens with one attached hydrogen (secondary N) is 2. The van der Waals surface area contributed by atoms with Gasteiger partial charge in [-0.3, -0.25) is 0 Å². The first-order valence-corrected chi connectivity index (χ1v) is 6.65. The third-order valence-corrected chi connectivity index (χ3v) is 4.15. The van der Waals surface area contributed by atoms with E-state index in [1.165, 1.54) is 13.2 Å². The summed E-state index contributed by atoms with van der Waals surface area (Å²) in [5.41, 5.74) is 1.91. The molecule has 2 aliphatic rings. The minimum atomic E-state index is -0.335. The zero-order valence-electron chi connectivity index (χ0n) is 11.1. The van der Waals surface area contributed by atoms with Crippen LogP contribution >= 0.6 is 0 Å². The molecular weight excluding hydrogens is 247 g/mol. The maximum Gasteiger partial charge on any atom is 0.167 e. The van der Waals surface area contributed by atoms with Gasteiger partial charge in [0.25, 0.3) is 0 Å². The molecule has 1 fully saturated rings. The van der Waals surface area contributed by atoms with Crippen LogP contribution in [-0.4, -0.2) is 33.4 Å². The summed E-state index contributed by atoms with van der Waals surface area (Å²) in [6.45, 7) is 3.34. The highest BCUT2D eigenvalue weighted by Crippen LogP contribution is 2.38. The van der Waals surface area contributed by atoms with E-state index in [9.17, 15) is 4.39 Å². The normalized spacial score (nSPS) is 20.9. The summed E-state index contributed by atoms with van der Waals surface area (Å²) in [5, 5.41) is 6.79. The van der Waals surface area contributed by atoms with Crippen molar-refractivity contribution in [1.29, 1.82) is 0 Å². The molecule has 0 radical (unpaired) electrons. The van der Waals surface area contributed by atoms with Crippen molar-refractivity contribution < 1.29 is 13.9 Å². The summed E-state index contributed by atoms with van der Waals surface area (Å²) in [6, 6.07) is 3.22. The molecule has 104 valence electrons. The van der Waals surface area contributed by atoms with Crippen molar-refractivity contribution in [3.63, 3.8) is 0 Å². The summed E-state index contributed by atoms with van der Waals surface area (Å²) < 4.78 is 24.2. The highest BCUT2D eigenvalue weighted by Gasteiger charge is 2.34. The van der Waals surface area contributed by atoms with Gasteiger partial charge in [0.2, 0.25) is 0 Å². The first-order valence-electron chi connectivity index (χ1n) is 6.65. The van der Waals surface area contributed by atoms with Crippen LogP contribution in [0.2, 0.25) is 0 Å². The monoisotopic (exact) mass is 266 g/mol. The predicted molar refractivity (Wildman–Crippen MR) is 72.4 cm³/mol. The van der Waals surface area contributed by atoms with Crippen molar-refractivity contribution >= 4 is 11.4 Å². The van der Waals surface area contributed by atoms with Gasteiger partial charge in [-0.15, -0.1) is 0 Å². The summed E-state index contributed by atoms with van der Waals surface area (Å²) in [6.07, 6.45) is 2.06. The van der Waals surface area contributed by atoms with Gasteiger partial charge in [-0.25, -0.2) is 4.39 Å². The maximum atomic E-state index is 13.7. The molecule has 5 heteroatoms. The number of benzene rings is 1. The number of anilines is 2. The van der Waals surface area contributed by atoms with Crippen LogP contribution in [0.15, 0.2) is 12.1 Å². The van der Waals surface area contributed by atoms with Crippen LogP contribution < -0.4 is 15.4 Å². The van der Waals surface area contributed by atoms with Gasteiger partial charge in [0.05, 0.1) is 18.5 Å². The van der Waals surface area contributed by atoms with Gasteiger partial charge < -0.3 is 20.1 Å². The highest BCUT2D eigenvalue weighted by atomic mass is 19.1. The molecule has 0 saturated carbocycles. The molecular formula is C14H19FN2O2. The first kappa shape index (κ1) is 12.5. The minimum Gasteiger partial charge on any atom is -0.494 e. The standard InChI is InChI=1S/C14H19FN2O2/c1-18-13-7-12-11(6-10(13)15)16-8-14(9-17-12)2-4-19-5-3-14/h6-7,16-17H,2-5,8-9H2,1H3. The smallest absolute Gasteiger partial charge is 0.167 e. The van der Waals surface area contributed by atoms with Crippen molar-refractivity contribution in [1.82, 2.24) is 0 Å². The Morgan fingerprint density at radius 3 is 2.42 bits per heavy atom. The van der Waals surface area contributed by atoms with Crippen molar-refractivity contribution in [2.45, 2.75) is 12.8 Å². The number of fused-ring (bicyclic) bond motifs is 1. The molecule has 2 heterocycles. The van der Waals surface area contributed by atoms with E-state index < -0.39 is 0 Å². The fourth-order valence-electron chi connectivity index (χ4n) is 2.79. The van der Waals surface area contributed by atoms with Crippen molar-refractivity contribution in [2.24, 2.45) is 5.41 Å². The molecule has 0 bridgehead atoms. The molecule has 0 atom stereocenters. The quantitative estimate of drug-likeness (QED) is 0.819. The highest BCUT2D eigenvalue weighted by molar-refractivity contribution is 5.72. The molecule has 0 amide bonds. The first-order chi connectivity index (χ1) is 9.22. The number of halogens is 1. The second-order valence-corrected chi connectivity index (χ2v) is 5.35. The van der Waals surface area contributed by atoms with Crippen LogP contribution in [0, 0.1) is 11.2 Å². The Kier molecular flexibility index (Phi) is 3.22. The molecule has 1 aromatic carbocycles. The molecule has 1 spiro atoms. The zero-order valence-corrected chi connectivity index (χ0v) is 11.1. The Morgan fingerprint density at radius 1 is 1.16 bits per heavy atom. The molecule has 1 aromatic rings. The average molecular weight is 266 g/mol. The second kappa shape index (κ2) is 4.89. The molecule has 4 nitrogen and oxygen atoms in total. The van der Waals surface area contributed by atoms with E-state index in [0.29, 0.717) is 0 Å². The van der Waals surface area contributed by atoms with Gasteiger partial charge in [0, 0.05) is 43.9 Å². The minimum absolute atomic E-state index is 0.195. The average Bonchev–Trinajstić information content (AvgIpc) is 2.60. The van der Waals surface area contributed by atoms with Crippen molar-refractivity contribution in [2.75, 3.05) is 44.0 Å². The summed E-state index contributed by atoms with van der Waals surface area (Å²) in [7, 11) is 1.48. The van der Waals surface area contributed by atoms with E-state index in [-0.39, 0.29) is 17.0 Å². The Balaban J connectivity index is 1.85. The van der Waals surface area contributed by atoms with E-state index in [1.807, 2.05) is 0 Å². The number of rotatable bonds is 1. The lowest BCUT2D eigenvalue weighted by atomic mass is 9.80. The molecule has 19 heavy (non-hydrogen) atoms. The Hall–Kier alpha value is -1.49. The van der Waals surface area contributed by atoms with E-state index in [1.54, 1.807) is 6.07 Å². The van der Waals surface area contributed by atoms with Gasteiger partial charge in [-0.2, -0.15) is 0 Å². The van der Waals surface area contributed by atoms with Gasteiger partial charge in [0.15, 0.2) is 11.6 Å². The fourth-order valence-corrected chi connectivity index (χ4v) is 2.79. The molecule has 0 unspecified atom stereocenters. The van der Waals surface area contributed by atoms with Crippen molar-refractivity contribution in [3.05, 3.63) is 17.9 Å². The number of methoxy groups -OCH3 is 1. The Morgan fingerprint density at radius 2 is 1.79 bits per heavy atom. The van der Waals surface area contributed by atoms with E-state index in [0.717, 1.165) is 50.5 Å². The lowest BCUT2D eigenvalue weighted by Crippen LogP contribution is -2.40. The number of ether oxygens (including phenoxy) is 2. The van der Waals surface area contributed by atoms with E-state index in [2.05, 4.69) is 10.6 Å². The maximum absolute atomic E-state index is 13.7. The lowest BCUT2D eigenvalue weighted by Gasteiger charge is -2.36. The molecule has 0 aromatic heterocycles. The predicted octanol–water partition coefficient (Wildman–Crippen LogP) is 2.47. The fraction of sp³-hybridized carbons (Fsp3) is 0.571. The third kappa shape index (κ3) is 2.34. The van der Waals surface area contributed by atoms with Gasteiger partial charge in [-0.05, 0) is 12.8 Å². The summed E-state index contributed by atoms with van der Waals surface area (Å²) in [5.74, 6) is -0.0607. The van der Waals surface area contributed by atoms with Gasteiger partial charge >= 0.3 is 0 Å². The molecule has 2 N–H and O–H groups in total. The third-order valence-electron chi connectivity index (χ3n) is 4.15. The van der Waals surface area contributed by atoms with Crippen LogP contribution in [-0.2, 0) is 4.74 Å². The number of hydrogen-bond acceptors (Lipinski definition) is 4. The van der Waals surface area contributed by atoms with E-state index >= 15 is 0 Å². The zero-order chi connectivity index (χ0) is 13.3. The summed E-state index contributed by atoms with van der Waals surface area (Å²) >= 11 is 0. The number of hydrogen-bond donors (Lipinski definition) is 2. The van der Waals surface area contributed by atoms with Crippen LogP contribution in [0.25, 0.3) is 0 Å². The molecule has 3 rings (SSSR count). The van der Waals surface area contributed by atoms with Crippen molar-refractivity contribution in [3.8, 4) is 5.75 Å². The topological polar surface area (TPSA) is 42.5 Å². The van der Waals surface area contributed by atoms with Crippen LogP contribution in [0.5, 0.6) is 5.75 Å². The second-order valence-electron chi connectivity index (χ2n) is 5.35. The van der Waals surface area contributed by atoms with Gasteiger partial charge in [0.1, 0.15) is 0 Å².